The van der Waals surface area contributed by atoms with Crippen LogP contribution >= 0.6 is 0 Å². The molecule has 10 nitrogen and oxygen atoms in total. The lowest BCUT2D eigenvalue weighted by atomic mass is 10.2. The first kappa shape index (κ1) is 22.7. The van der Waals surface area contributed by atoms with Crippen LogP contribution in [-0.4, -0.2) is 57.9 Å². The van der Waals surface area contributed by atoms with Gasteiger partial charge in [0.05, 0.1) is 11.5 Å². The van der Waals surface area contributed by atoms with Gasteiger partial charge in [-0.25, -0.2) is 23.5 Å². The van der Waals surface area contributed by atoms with Crippen molar-refractivity contribution in [3.05, 3.63) is 41.9 Å². The van der Waals surface area contributed by atoms with Gasteiger partial charge in [-0.3, -0.25) is 4.79 Å². The molecule has 0 bridgehead atoms. The van der Waals surface area contributed by atoms with E-state index in [0.29, 0.717) is 43.6 Å². The molecule has 0 saturated heterocycles. The highest BCUT2D eigenvalue weighted by Gasteiger charge is 2.15. The van der Waals surface area contributed by atoms with Crippen molar-refractivity contribution in [2.24, 2.45) is 5.14 Å². The number of benzene rings is 1. The average molecular weight is 423 g/mol. The van der Waals surface area contributed by atoms with E-state index >= 15 is 0 Å². The highest BCUT2D eigenvalue weighted by Crippen LogP contribution is 2.20. The number of nitrogens with one attached hydrogen (secondary N) is 1. The molecule has 3 N–H and O–H groups in total. The van der Waals surface area contributed by atoms with Gasteiger partial charge in [0, 0.05) is 32.0 Å². The maximum Gasteiger partial charge on any atom is 0.274 e. The topological polar surface area (TPSA) is 137 Å². The van der Waals surface area contributed by atoms with Gasteiger partial charge >= 0.3 is 0 Å². The largest absolute Gasteiger partial charge is 0.383 e. The summed E-state index contributed by atoms with van der Waals surface area (Å²) in [4.78, 5) is 22.7. The van der Waals surface area contributed by atoms with E-state index in [-0.39, 0.29) is 10.6 Å². The number of nitrogens with two attached hydrogens (primary N) is 1. The minimum Gasteiger partial charge on any atom is -0.383 e. The fourth-order valence-corrected chi connectivity index (χ4v) is 3.03. The summed E-state index contributed by atoms with van der Waals surface area (Å²) in [5.74, 6) is 0.0696. The third-order valence-corrected chi connectivity index (χ3v) is 4.91. The molecule has 0 saturated carbocycles. The Morgan fingerprint density at radius 2 is 2.03 bits per heavy atom. The summed E-state index contributed by atoms with van der Waals surface area (Å²) >= 11 is 0. The van der Waals surface area contributed by atoms with Crippen LogP contribution in [0.4, 0.5) is 11.5 Å². The molecule has 0 atom stereocenters. The average Bonchev–Trinajstić information content (AvgIpc) is 2.69. The number of ether oxygens (including phenoxy) is 2. The van der Waals surface area contributed by atoms with Gasteiger partial charge in [-0.05, 0) is 37.6 Å². The minimum atomic E-state index is -3.81. The summed E-state index contributed by atoms with van der Waals surface area (Å²) in [5.41, 5.74) is 1.16. The third kappa shape index (κ3) is 6.46. The van der Waals surface area contributed by atoms with Crippen molar-refractivity contribution in [3.8, 4) is 0 Å². The summed E-state index contributed by atoms with van der Waals surface area (Å²) in [5, 5.41) is 7.84. The van der Waals surface area contributed by atoms with Crippen LogP contribution in [0.2, 0.25) is 0 Å². The van der Waals surface area contributed by atoms with Crippen molar-refractivity contribution in [1.29, 1.82) is 0 Å². The zero-order valence-electron chi connectivity index (χ0n) is 16.6. The van der Waals surface area contributed by atoms with Gasteiger partial charge in [-0.1, -0.05) is 0 Å². The van der Waals surface area contributed by atoms with Crippen LogP contribution in [0.5, 0.6) is 0 Å². The maximum absolute atomic E-state index is 12.6. The van der Waals surface area contributed by atoms with E-state index in [1.165, 1.54) is 24.5 Å². The molecular formula is C18H25N5O5S. The quantitative estimate of drug-likeness (QED) is 0.543. The van der Waals surface area contributed by atoms with Crippen molar-refractivity contribution in [2.45, 2.75) is 18.7 Å². The molecule has 158 valence electrons. The van der Waals surface area contributed by atoms with E-state index in [2.05, 4.69) is 15.3 Å². The van der Waals surface area contributed by atoms with Gasteiger partial charge < -0.3 is 19.7 Å². The number of hydrogen-bond acceptors (Lipinski definition) is 8. The first-order chi connectivity index (χ1) is 13.8. The molecular weight excluding hydrogens is 398 g/mol. The predicted molar refractivity (Wildman–Crippen MR) is 108 cm³/mol. The number of methoxy groups -OCH3 is 1. The van der Waals surface area contributed by atoms with E-state index in [0.717, 1.165) is 0 Å². The summed E-state index contributed by atoms with van der Waals surface area (Å²) in [6.45, 7) is 5.39. The molecule has 0 fully saturated rings. The second-order valence-electron chi connectivity index (χ2n) is 6.12. The number of nitrogens with zero attached hydrogens (tertiary/aromatic N) is 3. The second kappa shape index (κ2) is 10.3. The second-order valence-corrected chi connectivity index (χ2v) is 7.68. The predicted octanol–water partition coefficient (Wildman–Crippen LogP) is 1.13. The Hall–Kier alpha value is -2.60. The van der Waals surface area contributed by atoms with Crippen LogP contribution in [-0.2, 0) is 19.5 Å². The SMILES string of the molecule is CCOCN(CCOC)c1cc(C(=O)Nc2ccc(S(N)(=O)=O)cc2C)ncn1. The molecule has 1 aromatic heterocycles. The van der Waals surface area contributed by atoms with Crippen molar-refractivity contribution in [2.75, 3.05) is 43.8 Å². The molecule has 0 aliphatic rings. The number of hydrogen-bond donors (Lipinski definition) is 2. The Morgan fingerprint density at radius 3 is 2.66 bits per heavy atom. The molecule has 29 heavy (non-hydrogen) atoms. The Kier molecular flexibility index (Phi) is 8.02. The normalized spacial score (nSPS) is 11.3. The van der Waals surface area contributed by atoms with Crippen LogP contribution in [0.15, 0.2) is 35.5 Å². The molecule has 11 heteroatoms. The summed E-state index contributed by atoms with van der Waals surface area (Å²) in [6.07, 6.45) is 1.30. The molecule has 0 aliphatic carbocycles. The first-order valence-electron chi connectivity index (χ1n) is 8.84. The lowest BCUT2D eigenvalue weighted by molar-refractivity contribution is 0.102. The van der Waals surface area contributed by atoms with Gasteiger partial charge in [0.25, 0.3) is 5.91 Å². The number of amides is 1. The van der Waals surface area contributed by atoms with E-state index in [9.17, 15) is 13.2 Å². The van der Waals surface area contributed by atoms with Crippen molar-refractivity contribution >= 4 is 27.4 Å². The number of sulfonamides is 1. The number of primary sulfonamides is 1. The molecule has 2 rings (SSSR count). The number of rotatable bonds is 10. The molecule has 1 aromatic carbocycles. The number of carbonyl (C=O) groups is 1. The molecule has 0 aliphatic heterocycles. The van der Waals surface area contributed by atoms with Gasteiger partial charge in [0.1, 0.15) is 24.6 Å². The van der Waals surface area contributed by atoms with E-state index < -0.39 is 15.9 Å². The van der Waals surface area contributed by atoms with Gasteiger partial charge in [-0.15, -0.1) is 0 Å². The van der Waals surface area contributed by atoms with E-state index in [4.69, 9.17) is 14.6 Å². The van der Waals surface area contributed by atoms with E-state index in [1.807, 2.05) is 11.8 Å². The minimum absolute atomic E-state index is 0.0259. The monoisotopic (exact) mass is 423 g/mol. The van der Waals surface area contributed by atoms with Crippen molar-refractivity contribution < 1.29 is 22.7 Å². The lowest BCUT2D eigenvalue weighted by Gasteiger charge is -2.23. The van der Waals surface area contributed by atoms with Crippen LogP contribution < -0.4 is 15.4 Å². The van der Waals surface area contributed by atoms with E-state index in [1.54, 1.807) is 20.1 Å². The fourth-order valence-electron chi connectivity index (χ4n) is 2.43. The third-order valence-electron chi connectivity index (χ3n) is 4.00. The Bertz CT molecular complexity index is 943. The zero-order chi connectivity index (χ0) is 21.4. The standard InChI is InChI=1S/C18H25N5O5S/c1-4-28-12-23(7-8-27-3)17-10-16(20-11-21-17)18(24)22-15-6-5-14(9-13(15)2)29(19,25)26/h5-6,9-11H,4,7-8,12H2,1-3H3,(H,22,24)(H2,19,25,26). The number of aromatic nitrogens is 2. The summed E-state index contributed by atoms with van der Waals surface area (Å²) < 4.78 is 33.4. The van der Waals surface area contributed by atoms with Crippen LogP contribution in [0.1, 0.15) is 23.0 Å². The van der Waals surface area contributed by atoms with Crippen LogP contribution in [0.3, 0.4) is 0 Å². The van der Waals surface area contributed by atoms with Crippen molar-refractivity contribution in [1.82, 2.24) is 9.97 Å². The Balaban J connectivity index is 2.20. The van der Waals surface area contributed by atoms with Gasteiger partial charge in [0.15, 0.2) is 0 Å². The smallest absolute Gasteiger partial charge is 0.274 e. The fraction of sp³-hybridized carbons (Fsp3) is 0.389. The number of aryl methyl sites for hydroxylation is 1. The molecule has 1 heterocycles. The van der Waals surface area contributed by atoms with Crippen LogP contribution in [0.25, 0.3) is 0 Å². The van der Waals surface area contributed by atoms with Gasteiger partial charge in [-0.2, -0.15) is 0 Å². The highest BCUT2D eigenvalue weighted by molar-refractivity contribution is 7.89. The molecule has 0 radical (unpaired) electrons. The summed E-state index contributed by atoms with van der Waals surface area (Å²) in [7, 11) is -2.22. The maximum atomic E-state index is 12.6. The first-order valence-corrected chi connectivity index (χ1v) is 10.4. The molecule has 0 spiro atoms. The molecule has 1 amide bonds. The van der Waals surface area contributed by atoms with Crippen molar-refractivity contribution in [3.63, 3.8) is 0 Å². The number of carbonyl (C=O) groups excluding carboxylic acids is 1. The highest BCUT2D eigenvalue weighted by atomic mass is 32.2. The zero-order valence-corrected chi connectivity index (χ0v) is 17.4. The number of anilines is 2. The van der Waals surface area contributed by atoms with Crippen LogP contribution in [0, 0.1) is 6.92 Å². The molecule has 2 aromatic rings. The van der Waals surface area contributed by atoms with Gasteiger partial charge in [0.2, 0.25) is 10.0 Å². The molecule has 0 unspecified atom stereocenters. The Labute approximate surface area is 170 Å². The Morgan fingerprint density at radius 1 is 1.28 bits per heavy atom. The summed E-state index contributed by atoms with van der Waals surface area (Å²) in [6, 6.07) is 5.76. The lowest BCUT2D eigenvalue weighted by Crippen LogP contribution is -2.31.